The summed E-state index contributed by atoms with van der Waals surface area (Å²) in [5, 5.41) is 10.8. The largest absolute Gasteiger partial charge is 0.480 e. The predicted molar refractivity (Wildman–Crippen MR) is 48.8 cm³/mol. The first kappa shape index (κ1) is 12.1. The smallest absolute Gasteiger partial charge is 0.327 e. The van der Waals surface area contributed by atoms with Gasteiger partial charge in [0.2, 0.25) is 5.91 Å². The Morgan fingerprint density at radius 1 is 1.54 bits per heavy atom. The molecular formula is C7H13NO4S. The minimum Gasteiger partial charge on any atom is -0.480 e. The Morgan fingerprint density at radius 2 is 2.08 bits per heavy atom. The minimum atomic E-state index is -1.19. The molecule has 0 fully saturated rings. The molecule has 6 heteroatoms. The van der Waals surface area contributed by atoms with Crippen molar-refractivity contribution >= 4 is 22.7 Å². The van der Waals surface area contributed by atoms with E-state index in [1.807, 2.05) is 0 Å². The molecule has 0 aromatic carbocycles. The number of aliphatic carboxylic acids is 1. The molecule has 13 heavy (non-hydrogen) atoms. The van der Waals surface area contributed by atoms with E-state index in [0.29, 0.717) is 5.75 Å². The normalized spacial score (nSPS) is 14.6. The molecule has 0 aliphatic heterocycles. The summed E-state index contributed by atoms with van der Waals surface area (Å²) in [6, 6.07) is -1.04. The van der Waals surface area contributed by atoms with Crippen LogP contribution >= 0.6 is 0 Å². The van der Waals surface area contributed by atoms with E-state index in [1.54, 1.807) is 6.92 Å². The van der Waals surface area contributed by atoms with Crippen LogP contribution in [0.5, 0.6) is 0 Å². The van der Waals surface area contributed by atoms with Crippen LogP contribution in [0, 0.1) is 0 Å². The van der Waals surface area contributed by atoms with Gasteiger partial charge in [-0.25, -0.2) is 4.79 Å². The summed E-state index contributed by atoms with van der Waals surface area (Å²) < 4.78 is 11.0. The van der Waals surface area contributed by atoms with Crippen molar-refractivity contribution in [2.24, 2.45) is 0 Å². The van der Waals surface area contributed by atoms with Crippen LogP contribution in [-0.2, 0) is 20.4 Å². The van der Waals surface area contributed by atoms with Crippen LogP contribution in [0.15, 0.2) is 0 Å². The van der Waals surface area contributed by atoms with E-state index in [4.69, 9.17) is 5.11 Å². The van der Waals surface area contributed by atoms with Crippen molar-refractivity contribution in [3.05, 3.63) is 0 Å². The molecule has 0 aromatic rings. The Hall–Kier alpha value is -0.910. The Labute approximate surface area is 79.0 Å². The third-order valence-corrected chi connectivity index (χ3v) is 2.70. The maximum Gasteiger partial charge on any atom is 0.327 e. The van der Waals surface area contributed by atoms with Gasteiger partial charge in [0.05, 0.1) is 5.75 Å². The van der Waals surface area contributed by atoms with Crippen LogP contribution < -0.4 is 5.32 Å². The van der Waals surface area contributed by atoms with Gasteiger partial charge in [0, 0.05) is 23.5 Å². The number of rotatable bonds is 5. The van der Waals surface area contributed by atoms with Gasteiger partial charge in [0.15, 0.2) is 0 Å². The van der Waals surface area contributed by atoms with Crippen molar-refractivity contribution in [1.82, 2.24) is 5.32 Å². The minimum absolute atomic E-state index is 0.0363. The van der Waals surface area contributed by atoms with E-state index < -0.39 is 28.7 Å². The zero-order valence-electron chi connectivity index (χ0n) is 7.57. The molecule has 1 unspecified atom stereocenters. The standard InChI is InChI=1S/C7H13NO4S/c1-3-13(12)4-6(7(10)11)8-5(2)9/h6H,3-4H2,1-2H3,(H,8,9)(H,10,11)/t6-,13?/m0/s1. The highest BCUT2D eigenvalue weighted by Gasteiger charge is 2.20. The summed E-state index contributed by atoms with van der Waals surface area (Å²) >= 11 is 0. The number of carbonyl (C=O) groups excluding carboxylic acids is 1. The number of nitrogens with one attached hydrogen (secondary N) is 1. The molecule has 2 atom stereocenters. The van der Waals surface area contributed by atoms with Crippen molar-refractivity contribution < 1.29 is 18.9 Å². The summed E-state index contributed by atoms with van der Waals surface area (Å²) in [6.45, 7) is 2.92. The highest BCUT2D eigenvalue weighted by atomic mass is 32.2. The third kappa shape index (κ3) is 5.35. The van der Waals surface area contributed by atoms with Gasteiger partial charge >= 0.3 is 5.97 Å². The van der Waals surface area contributed by atoms with Gasteiger partial charge in [-0.05, 0) is 0 Å². The Balaban J connectivity index is 4.18. The summed E-state index contributed by atoms with van der Waals surface area (Å²) in [5.41, 5.74) is 0. The molecule has 0 aromatic heterocycles. The van der Waals surface area contributed by atoms with Crippen LogP contribution in [0.4, 0.5) is 0 Å². The highest BCUT2D eigenvalue weighted by molar-refractivity contribution is 7.85. The molecule has 0 aliphatic rings. The average molecular weight is 207 g/mol. The Morgan fingerprint density at radius 3 is 2.38 bits per heavy atom. The molecule has 0 saturated carbocycles. The number of hydrogen-bond acceptors (Lipinski definition) is 3. The molecule has 0 spiro atoms. The number of carboxylic acids is 1. The summed E-state index contributed by atoms with van der Waals surface area (Å²) in [6.07, 6.45) is 0. The van der Waals surface area contributed by atoms with Crippen molar-refractivity contribution in [1.29, 1.82) is 0 Å². The van der Waals surface area contributed by atoms with Gasteiger partial charge in [0.1, 0.15) is 6.04 Å². The van der Waals surface area contributed by atoms with Crippen LogP contribution in [-0.4, -0.2) is 38.7 Å². The number of carbonyl (C=O) groups is 2. The Kier molecular flexibility index (Phi) is 5.29. The second-order valence-electron chi connectivity index (χ2n) is 2.49. The lowest BCUT2D eigenvalue weighted by Crippen LogP contribution is -2.43. The Bertz CT molecular complexity index is 229. The molecule has 0 saturated heterocycles. The SMILES string of the molecule is CCS(=O)C[C@H](NC(C)=O)C(=O)O. The molecule has 0 heterocycles. The molecule has 2 N–H and O–H groups in total. The van der Waals surface area contributed by atoms with Crippen LogP contribution in [0.3, 0.4) is 0 Å². The van der Waals surface area contributed by atoms with E-state index in [-0.39, 0.29) is 5.75 Å². The molecule has 76 valence electrons. The molecule has 0 bridgehead atoms. The maximum absolute atomic E-state index is 11.0. The van der Waals surface area contributed by atoms with Gasteiger partial charge in [-0.1, -0.05) is 6.92 Å². The van der Waals surface area contributed by atoms with Crippen molar-refractivity contribution in [2.45, 2.75) is 19.9 Å². The van der Waals surface area contributed by atoms with Crippen LogP contribution in [0.25, 0.3) is 0 Å². The van der Waals surface area contributed by atoms with Gasteiger partial charge in [-0.3, -0.25) is 9.00 Å². The van der Waals surface area contributed by atoms with Crippen LogP contribution in [0.1, 0.15) is 13.8 Å². The summed E-state index contributed by atoms with van der Waals surface area (Å²) in [5.74, 6) is -1.23. The molecule has 0 radical (unpaired) electrons. The number of carboxylic acid groups (broad SMARTS) is 1. The molecule has 0 rings (SSSR count). The molecule has 5 nitrogen and oxygen atoms in total. The lowest BCUT2D eigenvalue weighted by Gasteiger charge is -2.11. The van der Waals surface area contributed by atoms with E-state index >= 15 is 0 Å². The molecular weight excluding hydrogens is 194 g/mol. The fourth-order valence-corrected chi connectivity index (χ4v) is 1.56. The highest BCUT2D eigenvalue weighted by Crippen LogP contribution is 1.90. The predicted octanol–water partition coefficient (Wildman–Crippen LogP) is -0.656. The van der Waals surface area contributed by atoms with Gasteiger partial charge < -0.3 is 10.4 Å². The second-order valence-corrected chi connectivity index (χ2v) is 4.28. The first-order chi connectivity index (χ1) is 5.97. The molecule has 1 amide bonds. The molecule has 0 aliphatic carbocycles. The fraction of sp³-hybridized carbons (Fsp3) is 0.714. The van der Waals surface area contributed by atoms with Crippen molar-refractivity contribution in [2.75, 3.05) is 11.5 Å². The monoisotopic (exact) mass is 207 g/mol. The van der Waals surface area contributed by atoms with Crippen molar-refractivity contribution in [3.8, 4) is 0 Å². The van der Waals surface area contributed by atoms with Crippen LogP contribution in [0.2, 0.25) is 0 Å². The quantitative estimate of drug-likeness (QED) is 0.627. The maximum atomic E-state index is 11.0. The topological polar surface area (TPSA) is 83.5 Å². The second kappa shape index (κ2) is 5.69. The lowest BCUT2D eigenvalue weighted by molar-refractivity contribution is -0.140. The zero-order chi connectivity index (χ0) is 10.4. The lowest BCUT2D eigenvalue weighted by atomic mass is 10.3. The first-order valence-corrected chi connectivity index (χ1v) is 5.31. The average Bonchev–Trinajstić information content (AvgIpc) is 2.02. The van der Waals surface area contributed by atoms with E-state index in [2.05, 4.69) is 5.32 Å². The number of hydrogen-bond donors (Lipinski definition) is 2. The van der Waals surface area contributed by atoms with Gasteiger partial charge in [0.25, 0.3) is 0 Å². The summed E-state index contributed by atoms with van der Waals surface area (Å²) in [7, 11) is -1.19. The van der Waals surface area contributed by atoms with E-state index in [0.717, 1.165) is 0 Å². The first-order valence-electron chi connectivity index (χ1n) is 3.82. The summed E-state index contributed by atoms with van der Waals surface area (Å²) in [4.78, 5) is 21.1. The number of amides is 1. The van der Waals surface area contributed by atoms with E-state index in [9.17, 15) is 13.8 Å². The van der Waals surface area contributed by atoms with E-state index in [1.165, 1.54) is 6.92 Å². The van der Waals surface area contributed by atoms with Gasteiger partial charge in [-0.15, -0.1) is 0 Å². The van der Waals surface area contributed by atoms with Gasteiger partial charge in [-0.2, -0.15) is 0 Å². The van der Waals surface area contributed by atoms with Crippen molar-refractivity contribution in [3.63, 3.8) is 0 Å². The fourth-order valence-electron chi connectivity index (χ4n) is 0.724. The third-order valence-electron chi connectivity index (χ3n) is 1.35. The zero-order valence-corrected chi connectivity index (χ0v) is 8.39.